The Labute approximate surface area is 166 Å². The SMILES string of the molecule is CCCC[P+](CCCC)(CCCC)CCCC.Cc1ccccc1.[Cl-]. The number of hydrogen-bond donors (Lipinski definition) is 0. The standard InChI is InChI=1S/C16H36P.C7H8.ClH/c1-5-9-13-17(14-10-6-2,15-11-7-3)16-12-8-4;1-7-5-3-2-4-6-7;/h5-16H2,1-4H3;2-6H,1H3;1H/q+1;;/p-1. The topological polar surface area (TPSA) is 0 Å². The molecule has 1 rings (SSSR count). The van der Waals surface area contributed by atoms with E-state index in [2.05, 4.69) is 46.8 Å². The molecule has 0 spiro atoms. The average molecular weight is 387 g/mol. The van der Waals surface area contributed by atoms with Crippen molar-refractivity contribution in [3.63, 3.8) is 0 Å². The van der Waals surface area contributed by atoms with E-state index >= 15 is 0 Å². The maximum Gasteiger partial charge on any atom is 0.0594 e. The molecule has 1 aromatic carbocycles. The lowest BCUT2D eigenvalue weighted by Crippen LogP contribution is -3.00. The largest absolute Gasteiger partial charge is 1.00 e. The maximum atomic E-state index is 2.36. The van der Waals surface area contributed by atoms with Gasteiger partial charge in [0.2, 0.25) is 0 Å². The van der Waals surface area contributed by atoms with E-state index in [9.17, 15) is 0 Å². The van der Waals surface area contributed by atoms with Crippen molar-refractivity contribution in [2.75, 3.05) is 24.6 Å². The van der Waals surface area contributed by atoms with Crippen molar-refractivity contribution in [3.8, 4) is 0 Å². The first-order chi connectivity index (χ1) is 11.6. The van der Waals surface area contributed by atoms with Crippen LogP contribution in [0.15, 0.2) is 30.3 Å². The summed E-state index contributed by atoms with van der Waals surface area (Å²) in [5, 5.41) is 0. The molecule has 0 aliphatic rings. The van der Waals surface area contributed by atoms with Crippen LogP contribution in [0, 0.1) is 6.92 Å². The second-order valence-electron chi connectivity index (χ2n) is 7.30. The van der Waals surface area contributed by atoms with Gasteiger partial charge in [-0.1, -0.05) is 89.3 Å². The van der Waals surface area contributed by atoms with Gasteiger partial charge in [-0.05, 0) is 32.6 Å². The lowest BCUT2D eigenvalue weighted by Gasteiger charge is -2.28. The molecule has 0 aromatic heterocycles. The van der Waals surface area contributed by atoms with Crippen molar-refractivity contribution in [3.05, 3.63) is 35.9 Å². The van der Waals surface area contributed by atoms with Crippen LogP contribution in [-0.4, -0.2) is 24.6 Å². The predicted molar refractivity (Wildman–Crippen MR) is 117 cm³/mol. The van der Waals surface area contributed by atoms with Crippen LogP contribution in [0.3, 0.4) is 0 Å². The van der Waals surface area contributed by atoms with Crippen LogP contribution in [0.1, 0.15) is 84.6 Å². The number of aryl methyl sites for hydroxylation is 1. The number of rotatable bonds is 12. The first-order valence-corrected chi connectivity index (χ1v) is 13.0. The first kappa shape index (κ1) is 27.2. The van der Waals surface area contributed by atoms with Gasteiger partial charge in [0.25, 0.3) is 0 Å². The van der Waals surface area contributed by atoms with Crippen LogP contribution in [0.25, 0.3) is 0 Å². The van der Waals surface area contributed by atoms with Crippen molar-refractivity contribution < 1.29 is 12.4 Å². The van der Waals surface area contributed by atoms with E-state index < -0.39 is 7.26 Å². The van der Waals surface area contributed by atoms with Gasteiger partial charge in [-0.2, -0.15) is 0 Å². The third-order valence-corrected chi connectivity index (χ3v) is 9.94. The fraction of sp³-hybridized carbons (Fsp3) is 0.739. The van der Waals surface area contributed by atoms with Gasteiger partial charge >= 0.3 is 0 Å². The third kappa shape index (κ3) is 14.8. The molecule has 148 valence electrons. The summed E-state index contributed by atoms with van der Waals surface area (Å²) in [4.78, 5) is 0. The van der Waals surface area contributed by atoms with Crippen LogP contribution in [0.5, 0.6) is 0 Å². The van der Waals surface area contributed by atoms with E-state index in [1.54, 1.807) is 24.6 Å². The Balaban J connectivity index is 0. The predicted octanol–water partition coefficient (Wildman–Crippen LogP) is 5.20. The molecule has 0 amide bonds. The summed E-state index contributed by atoms with van der Waals surface area (Å²) in [6.45, 7) is 11.5. The molecule has 0 N–H and O–H groups in total. The molecule has 0 radical (unpaired) electrons. The second kappa shape index (κ2) is 18.7. The highest BCUT2D eigenvalue weighted by Crippen LogP contribution is 2.61. The molecule has 0 atom stereocenters. The van der Waals surface area contributed by atoms with Crippen molar-refractivity contribution in [2.24, 2.45) is 0 Å². The Morgan fingerprint density at radius 3 is 1.12 bits per heavy atom. The first-order valence-electron chi connectivity index (χ1n) is 10.5. The number of benzene rings is 1. The van der Waals surface area contributed by atoms with E-state index in [-0.39, 0.29) is 12.4 Å². The molecule has 0 bridgehead atoms. The van der Waals surface area contributed by atoms with Gasteiger partial charge in [0.1, 0.15) is 0 Å². The zero-order valence-electron chi connectivity index (χ0n) is 17.7. The summed E-state index contributed by atoms with van der Waals surface area (Å²) in [5.74, 6) is 0. The van der Waals surface area contributed by atoms with Gasteiger partial charge in [-0.3, -0.25) is 0 Å². The van der Waals surface area contributed by atoms with Gasteiger partial charge in [-0.15, -0.1) is 0 Å². The Hall–Kier alpha value is -0.0600. The van der Waals surface area contributed by atoms with Gasteiger partial charge < -0.3 is 12.4 Å². The van der Waals surface area contributed by atoms with Crippen molar-refractivity contribution >= 4 is 7.26 Å². The molecular weight excluding hydrogens is 343 g/mol. The van der Waals surface area contributed by atoms with Gasteiger partial charge in [0.15, 0.2) is 0 Å². The maximum absolute atomic E-state index is 2.36. The minimum atomic E-state index is -0.562. The van der Waals surface area contributed by atoms with E-state index in [1.165, 1.54) is 56.9 Å². The third-order valence-electron chi connectivity index (χ3n) is 4.88. The van der Waals surface area contributed by atoms with E-state index in [1.807, 2.05) is 18.2 Å². The summed E-state index contributed by atoms with van der Waals surface area (Å²) >= 11 is 0. The van der Waals surface area contributed by atoms with E-state index in [4.69, 9.17) is 0 Å². The van der Waals surface area contributed by atoms with Gasteiger partial charge in [0.05, 0.1) is 24.6 Å². The minimum absolute atomic E-state index is 0. The molecule has 1 aromatic rings. The van der Waals surface area contributed by atoms with Gasteiger partial charge in [-0.25, -0.2) is 0 Å². The normalized spacial score (nSPS) is 10.6. The number of unbranched alkanes of at least 4 members (excludes halogenated alkanes) is 4. The molecule has 0 saturated heterocycles. The van der Waals surface area contributed by atoms with Crippen LogP contribution >= 0.6 is 7.26 Å². The Morgan fingerprint density at radius 1 is 0.600 bits per heavy atom. The quantitative estimate of drug-likeness (QED) is 0.433. The molecule has 0 nitrogen and oxygen atoms in total. The van der Waals surface area contributed by atoms with Crippen LogP contribution in [0.2, 0.25) is 0 Å². The van der Waals surface area contributed by atoms with Crippen molar-refractivity contribution in [1.82, 2.24) is 0 Å². The fourth-order valence-electron chi connectivity index (χ4n) is 3.18. The number of halogens is 1. The Morgan fingerprint density at radius 2 is 0.920 bits per heavy atom. The monoisotopic (exact) mass is 386 g/mol. The molecule has 25 heavy (non-hydrogen) atoms. The number of hydrogen-bond acceptors (Lipinski definition) is 0. The molecule has 2 heteroatoms. The summed E-state index contributed by atoms with van der Waals surface area (Å²) < 4.78 is 0. The summed E-state index contributed by atoms with van der Waals surface area (Å²) in [5.41, 5.74) is 1.32. The molecule has 0 aliphatic heterocycles. The molecule has 0 heterocycles. The highest BCUT2D eigenvalue weighted by atomic mass is 35.5. The van der Waals surface area contributed by atoms with Crippen molar-refractivity contribution in [1.29, 1.82) is 0 Å². The lowest BCUT2D eigenvalue weighted by molar-refractivity contribution is -0.00000551. The average Bonchev–Trinajstić information content (AvgIpc) is 2.62. The minimum Gasteiger partial charge on any atom is -1.00 e. The summed E-state index contributed by atoms with van der Waals surface area (Å²) in [6, 6.07) is 10.3. The summed E-state index contributed by atoms with van der Waals surface area (Å²) in [7, 11) is -0.562. The lowest BCUT2D eigenvalue weighted by atomic mass is 10.2. The van der Waals surface area contributed by atoms with Gasteiger partial charge in [0, 0.05) is 7.26 Å². The van der Waals surface area contributed by atoms with Crippen molar-refractivity contribution in [2.45, 2.75) is 86.0 Å². The smallest absolute Gasteiger partial charge is 0.0594 e. The highest BCUT2D eigenvalue weighted by molar-refractivity contribution is 7.75. The molecule has 0 aliphatic carbocycles. The fourth-order valence-corrected chi connectivity index (χ4v) is 8.47. The molecule has 0 fully saturated rings. The van der Waals surface area contributed by atoms with E-state index in [0.717, 1.165) is 0 Å². The van der Waals surface area contributed by atoms with Crippen LogP contribution < -0.4 is 12.4 Å². The van der Waals surface area contributed by atoms with Crippen LogP contribution in [0.4, 0.5) is 0 Å². The Bertz CT molecular complexity index is 326. The van der Waals surface area contributed by atoms with Crippen LogP contribution in [-0.2, 0) is 0 Å². The zero-order chi connectivity index (χ0) is 18.1. The highest BCUT2D eigenvalue weighted by Gasteiger charge is 2.34. The zero-order valence-corrected chi connectivity index (χ0v) is 19.3. The molecular formula is C23H44ClP. The Kier molecular flexibility index (Phi) is 20.3. The molecule has 0 unspecified atom stereocenters. The molecule has 0 saturated carbocycles. The van der Waals surface area contributed by atoms with E-state index in [0.29, 0.717) is 0 Å². The summed E-state index contributed by atoms with van der Waals surface area (Å²) in [6.07, 6.45) is 17.9. The second-order valence-corrected chi connectivity index (χ2v) is 11.8.